The van der Waals surface area contributed by atoms with E-state index in [0.717, 1.165) is 25.8 Å². The molecule has 0 aliphatic carbocycles. The van der Waals surface area contributed by atoms with Gasteiger partial charge in [-0.2, -0.15) is 13.2 Å². The molecule has 33 heavy (non-hydrogen) atoms. The third-order valence-corrected chi connectivity index (χ3v) is 6.09. The molecule has 1 aliphatic rings. The minimum Gasteiger partial charge on any atom is -0.322 e. The summed E-state index contributed by atoms with van der Waals surface area (Å²) in [5.41, 5.74) is 3.47. The molecule has 166 valence electrons. The van der Waals surface area contributed by atoms with Crippen LogP contribution < -0.4 is 15.8 Å². The number of fused-ring (bicyclic) bond motifs is 1. The Labute approximate surface area is 190 Å². The molecule has 2 aromatic carbocycles. The van der Waals surface area contributed by atoms with Crippen molar-refractivity contribution < 1.29 is 18.0 Å². The molecule has 4 aromatic rings. The molecule has 2 N–H and O–H groups in total. The fourth-order valence-electron chi connectivity index (χ4n) is 3.58. The first-order valence-corrected chi connectivity index (χ1v) is 10.7. The zero-order valence-electron chi connectivity index (χ0n) is 16.9. The van der Waals surface area contributed by atoms with Gasteiger partial charge >= 0.3 is 6.18 Å². The molecule has 0 fully saturated rings. The summed E-state index contributed by atoms with van der Waals surface area (Å²) in [4.78, 5) is 21.5. The predicted molar refractivity (Wildman–Crippen MR) is 121 cm³/mol. The molecular weight excluding hydrogens is 451 g/mol. The maximum absolute atomic E-state index is 13.9. The average Bonchev–Trinajstić information content (AvgIpc) is 3.45. The first kappa shape index (κ1) is 21.1. The quantitative estimate of drug-likeness (QED) is 0.435. The summed E-state index contributed by atoms with van der Waals surface area (Å²) >= 11 is 1.44. The number of amides is 1. The summed E-state index contributed by atoms with van der Waals surface area (Å²) in [5.74, 6) is -0.820. The molecule has 0 saturated carbocycles. The number of hydrogen-bond donors (Lipinski definition) is 2. The Kier molecular flexibility index (Phi) is 5.31. The van der Waals surface area contributed by atoms with E-state index in [0.29, 0.717) is 11.4 Å². The Hall–Kier alpha value is -3.76. The highest BCUT2D eigenvalue weighted by Crippen LogP contribution is 2.36. The molecule has 0 saturated heterocycles. The normalized spacial score (nSPS) is 14.2. The number of anilines is 2. The molecule has 6 nitrogen and oxygen atoms in total. The van der Waals surface area contributed by atoms with Crippen LogP contribution in [0.2, 0.25) is 0 Å². The lowest BCUT2D eigenvalue weighted by Gasteiger charge is -2.23. The van der Waals surface area contributed by atoms with E-state index in [4.69, 9.17) is 0 Å². The van der Waals surface area contributed by atoms with Crippen LogP contribution in [0.5, 0.6) is 0 Å². The molecule has 2 aromatic heterocycles. The van der Waals surface area contributed by atoms with Gasteiger partial charge in [0, 0.05) is 30.2 Å². The second-order valence-electron chi connectivity index (χ2n) is 7.23. The highest BCUT2D eigenvalue weighted by molar-refractivity contribution is 7.21. The number of para-hydroxylation sites is 1. The Morgan fingerprint density at radius 1 is 1.09 bits per heavy atom. The minimum absolute atomic E-state index is 0.250. The van der Waals surface area contributed by atoms with Crippen LogP contribution in [0.4, 0.5) is 24.5 Å². The van der Waals surface area contributed by atoms with Gasteiger partial charge in [-0.05, 0) is 30.3 Å². The number of halogens is 3. The van der Waals surface area contributed by atoms with Gasteiger partial charge < -0.3 is 5.32 Å². The van der Waals surface area contributed by atoms with Gasteiger partial charge in [-0.3, -0.25) is 14.8 Å². The van der Waals surface area contributed by atoms with Gasteiger partial charge in [0.15, 0.2) is 0 Å². The van der Waals surface area contributed by atoms with Crippen LogP contribution in [-0.2, 0) is 4.79 Å². The second-order valence-corrected chi connectivity index (χ2v) is 8.26. The molecule has 0 bridgehead atoms. The van der Waals surface area contributed by atoms with E-state index >= 15 is 0 Å². The SMILES string of the molecule is O=C(Nc1cccc(-c2nc3ccncc3s2)c1)C1=C(C(F)(F)F)N(c2ccccc2)NC1. The van der Waals surface area contributed by atoms with E-state index < -0.39 is 17.8 Å². The molecule has 0 unspecified atom stereocenters. The van der Waals surface area contributed by atoms with Crippen LogP contribution >= 0.6 is 11.3 Å². The van der Waals surface area contributed by atoms with Crippen molar-refractivity contribution in [1.29, 1.82) is 0 Å². The zero-order chi connectivity index (χ0) is 23.0. The number of allylic oxidation sites excluding steroid dienone is 1. The van der Waals surface area contributed by atoms with Crippen LogP contribution in [0, 0.1) is 0 Å². The van der Waals surface area contributed by atoms with Crippen molar-refractivity contribution in [1.82, 2.24) is 15.4 Å². The van der Waals surface area contributed by atoms with Gasteiger partial charge in [0.05, 0.1) is 21.5 Å². The lowest BCUT2D eigenvalue weighted by molar-refractivity contribution is -0.114. The van der Waals surface area contributed by atoms with Crippen molar-refractivity contribution in [2.45, 2.75) is 6.18 Å². The van der Waals surface area contributed by atoms with Gasteiger partial charge in [-0.1, -0.05) is 30.3 Å². The van der Waals surface area contributed by atoms with E-state index in [1.807, 2.05) is 6.07 Å². The van der Waals surface area contributed by atoms with Crippen LogP contribution in [0.25, 0.3) is 20.8 Å². The zero-order valence-corrected chi connectivity index (χ0v) is 17.7. The molecule has 0 atom stereocenters. The Balaban J connectivity index is 1.44. The number of hydrazine groups is 1. The number of nitrogens with zero attached hydrogens (tertiary/aromatic N) is 3. The molecule has 5 rings (SSSR count). The van der Waals surface area contributed by atoms with Crippen LogP contribution in [0.3, 0.4) is 0 Å². The number of carbonyl (C=O) groups is 1. The lowest BCUT2D eigenvalue weighted by atomic mass is 10.1. The smallest absolute Gasteiger partial charge is 0.322 e. The summed E-state index contributed by atoms with van der Waals surface area (Å²) in [6, 6.07) is 16.7. The van der Waals surface area contributed by atoms with Crippen LogP contribution in [0.15, 0.2) is 84.3 Å². The van der Waals surface area contributed by atoms with Crippen molar-refractivity contribution in [3.05, 3.63) is 84.3 Å². The third kappa shape index (κ3) is 4.18. The van der Waals surface area contributed by atoms with E-state index in [2.05, 4.69) is 20.7 Å². The first-order chi connectivity index (χ1) is 15.9. The van der Waals surface area contributed by atoms with Gasteiger partial charge in [-0.15, -0.1) is 11.3 Å². The van der Waals surface area contributed by atoms with Crippen molar-refractivity contribution in [3.63, 3.8) is 0 Å². The van der Waals surface area contributed by atoms with Crippen molar-refractivity contribution in [3.8, 4) is 10.6 Å². The highest BCUT2D eigenvalue weighted by Gasteiger charge is 2.45. The van der Waals surface area contributed by atoms with E-state index in [1.165, 1.54) is 23.5 Å². The predicted octanol–water partition coefficient (Wildman–Crippen LogP) is 5.14. The standard InChI is InChI=1S/C23H16F3N5OS/c24-23(25,26)20-17(12-28-31(20)16-7-2-1-3-8-16)21(32)29-15-6-4-5-14(11-15)22-30-18-9-10-27-13-19(18)33-22/h1-11,13,28H,12H2,(H,29,32). The van der Waals surface area contributed by atoms with Gasteiger partial charge in [0.2, 0.25) is 0 Å². The summed E-state index contributed by atoms with van der Waals surface area (Å²) in [6.07, 6.45) is -1.34. The second kappa shape index (κ2) is 8.30. The van der Waals surface area contributed by atoms with Gasteiger partial charge in [-0.25, -0.2) is 10.4 Å². The molecular formula is C23H16F3N5OS. The highest BCUT2D eigenvalue weighted by atomic mass is 32.1. The number of hydrogen-bond acceptors (Lipinski definition) is 6. The average molecular weight is 467 g/mol. The van der Waals surface area contributed by atoms with Crippen molar-refractivity contribution in [2.24, 2.45) is 0 Å². The number of benzene rings is 2. The summed E-state index contributed by atoms with van der Waals surface area (Å²) < 4.78 is 42.6. The number of nitrogens with one attached hydrogen (secondary N) is 2. The Morgan fingerprint density at radius 2 is 1.91 bits per heavy atom. The molecule has 3 heterocycles. The van der Waals surface area contributed by atoms with E-state index in [1.54, 1.807) is 54.9 Å². The number of pyridine rings is 1. The Morgan fingerprint density at radius 3 is 2.67 bits per heavy atom. The fraction of sp³-hybridized carbons (Fsp3) is 0.0870. The number of aromatic nitrogens is 2. The monoisotopic (exact) mass is 467 g/mol. The summed E-state index contributed by atoms with van der Waals surface area (Å²) in [7, 11) is 0. The number of rotatable bonds is 4. The van der Waals surface area contributed by atoms with Gasteiger partial charge in [0.25, 0.3) is 5.91 Å². The largest absolute Gasteiger partial charge is 0.433 e. The fourth-order valence-corrected chi connectivity index (χ4v) is 4.51. The topological polar surface area (TPSA) is 70.2 Å². The molecule has 0 spiro atoms. The molecule has 10 heteroatoms. The summed E-state index contributed by atoms with van der Waals surface area (Å²) in [5, 5.41) is 4.23. The maximum atomic E-state index is 13.9. The maximum Gasteiger partial charge on any atom is 0.433 e. The van der Waals surface area contributed by atoms with Crippen molar-refractivity contribution >= 4 is 38.8 Å². The first-order valence-electron chi connectivity index (χ1n) is 9.91. The lowest BCUT2D eigenvalue weighted by Crippen LogP contribution is -2.36. The minimum atomic E-state index is -4.72. The molecule has 0 radical (unpaired) electrons. The molecule has 1 amide bonds. The Bertz CT molecular complexity index is 1330. The van der Waals surface area contributed by atoms with Crippen LogP contribution in [0.1, 0.15) is 0 Å². The summed E-state index contributed by atoms with van der Waals surface area (Å²) in [6.45, 7) is -0.250. The number of thiazole rings is 1. The number of carbonyl (C=O) groups excluding carboxylic acids is 1. The van der Waals surface area contributed by atoms with Gasteiger partial charge in [0.1, 0.15) is 10.7 Å². The van der Waals surface area contributed by atoms with E-state index in [-0.39, 0.29) is 12.1 Å². The number of alkyl halides is 3. The third-order valence-electron chi connectivity index (χ3n) is 5.04. The van der Waals surface area contributed by atoms with Crippen molar-refractivity contribution in [2.75, 3.05) is 16.9 Å². The molecule has 1 aliphatic heterocycles. The van der Waals surface area contributed by atoms with E-state index in [9.17, 15) is 18.0 Å². The van der Waals surface area contributed by atoms with Crippen LogP contribution in [-0.4, -0.2) is 28.6 Å².